The summed E-state index contributed by atoms with van der Waals surface area (Å²) >= 11 is 6.62. The quantitative estimate of drug-likeness (QED) is 0.502. The summed E-state index contributed by atoms with van der Waals surface area (Å²) in [5.41, 5.74) is 3.65. The van der Waals surface area contributed by atoms with Crippen LogP contribution < -0.4 is 10.1 Å². The molecule has 0 saturated heterocycles. The Morgan fingerprint density at radius 1 is 1.14 bits per heavy atom. The van der Waals surface area contributed by atoms with Crippen molar-refractivity contribution in [3.05, 3.63) is 71.7 Å². The summed E-state index contributed by atoms with van der Waals surface area (Å²) in [4.78, 5) is 16.5. The first-order valence-corrected chi connectivity index (χ1v) is 10.4. The standard InChI is InChI=1S/C23H22ClN3O2/c24-22-21-20(26-23(17-11-18(28)12-17)27(21)10-9-25-22)16-7-4-8-19(13-16)29-14-15-5-2-1-3-6-15/h1-8,13,17,22,25H,9-12,14H2. The fourth-order valence-corrected chi connectivity index (χ4v) is 4.38. The lowest BCUT2D eigenvalue weighted by atomic mass is 9.83. The molecule has 1 saturated carbocycles. The van der Waals surface area contributed by atoms with E-state index in [1.807, 2.05) is 54.6 Å². The minimum atomic E-state index is -0.301. The van der Waals surface area contributed by atoms with Crippen LogP contribution in [0.4, 0.5) is 0 Å². The molecule has 3 aromatic rings. The minimum Gasteiger partial charge on any atom is -0.489 e. The number of nitrogens with zero attached hydrogens (tertiary/aromatic N) is 2. The largest absolute Gasteiger partial charge is 0.489 e. The molecule has 1 atom stereocenters. The Morgan fingerprint density at radius 2 is 1.97 bits per heavy atom. The highest BCUT2D eigenvalue weighted by molar-refractivity contribution is 6.20. The SMILES string of the molecule is O=C1CC(c2nc(-c3cccc(OCc4ccccc4)c3)c3n2CCNC3Cl)C1. The molecule has 0 amide bonds. The van der Waals surface area contributed by atoms with Crippen LogP contribution in [0.2, 0.25) is 0 Å². The summed E-state index contributed by atoms with van der Waals surface area (Å²) in [5.74, 6) is 2.29. The molecule has 2 aromatic carbocycles. The van der Waals surface area contributed by atoms with Crippen LogP contribution in [0.25, 0.3) is 11.3 Å². The van der Waals surface area contributed by atoms with Gasteiger partial charge in [-0.1, -0.05) is 54.1 Å². The summed E-state index contributed by atoms with van der Waals surface area (Å²) in [7, 11) is 0. The highest BCUT2D eigenvalue weighted by Gasteiger charge is 2.36. The van der Waals surface area contributed by atoms with Crippen molar-refractivity contribution in [2.24, 2.45) is 0 Å². The molecule has 1 aromatic heterocycles. The van der Waals surface area contributed by atoms with Crippen LogP contribution in [0.15, 0.2) is 54.6 Å². The first-order valence-electron chi connectivity index (χ1n) is 9.95. The summed E-state index contributed by atoms with van der Waals surface area (Å²) in [5, 5.41) is 3.31. The van der Waals surface area contributed by atoms with Crippen LogP contribution >= 0.6 is 11.6 Å². The molecule has 5 nitrogen and oxygen atoms in total. The number of fused-ring (bicyclic) bond motifs is 1. The van der Waals surface area contributed by atoms with Gasteiger partial charge in [0.05, 0.1) is 11.4 Å². The van der Waals surface area contributed by atoms with Gasteiger partial charge in [-0.2, -0.15) is 0 Å². The minimum absolute atomic E-state index is 0.203. The molecular weight excluding hydrogens is 386 g/mol. The van der Waals surface area contributed by atoms with Crippen LogP contribution in [0.3, 0.4) is 0 Å². The Hall–Kier alpha value is -2.63. The Labute approximate surface area is 174 Å². The van der Waals surface area contributed by atoms with E-state index in [-0.39, 0.29) is 11.4 Å². The number of hydrogen-bond donors (Lipinski definition) is 1. The van der Waals surface area contributed by atoms with Gasteiger partial charge in [-0.25, -0.2) is 4.98 Å². The molecule has 1 unspecified atom stereocenters. The molecular formula is C23H22ClN3O2. The second kappa shape index (κ2) is 7.65. The number of alkyl halides is 1. The number of ether oxygens (including phenoxy) is 1. The molecule has 0 radical (unpaired) electrons. The Morgan fingerprint density at radius 3 is 2.76 bits per heavy atom. The highest BCUT2D eigenvalue weighted by Crippen LogP contribution is 2.40. The number of aromatic nitrogens is 2. The van der Waals surface area contributed by atoms with Gasteiger partial charge >= 0.3 is 0 Å². The molecule has 1 aliphatic carbocycles. The maximum absolute atomic E-state index is 11.5. The lowest BCUT2D eigenvalue weighted by Crippen LogP contribution is -2.33. The van der Waals surface area contributed by atoms with Gasteiger partial charge in [0.15, 0.2) is 0 Å². The first kappa shape index (κ1) is 18.4. The van der Waals surface area contributed by atoms with Crippen LogP contribution in [-0.2, 0) is 17.9 Å². The maximum Gasteiger partial charge on any atom is 0.134 e. The van der Waals surface area contributed by atoms with E-state index in [2.05, 4.69) is 9.88 Å². The molecule has 1 N–H and O–H groups in total. The van der Waals surface area contributed by atoms with Crippen molar-refractivity contribution in [1.82, 2.24) is 14.9 Å². The zero-order valence-electron chi connectivity index (χ0n) is 16.0. The molecule has 1 fully saturated rings. The van der Waals surface area contributed by atoms with E-state index >= 15 is 0 Å². The molecule has 148 valence electrons. The second-order valence-corrected chi connectivity index (χ2v) is 8.05. The van der Waals surface area contributed by atoms with Crippen molar-refractivity contribution in [3.8, 4) is 17.0 Å². The molecule has 6 heteroatoms. The van der Waals surface area contributed by atoms with Crippen LogP contribution in [0, 0.1) is 0 Å². The van der Waals surface area contributed by atoms with Gasteiger partial charge in [0.2, 0.25) is 0 Å². The lowest BCUT2D eigenvalue weighted by Gasteiger charge is -2.28. The van der Waals surface area contributed by atoms with Crippen LogP contribution in [-0.4, -0.2) is 21.9 Å². The normalized spacial score (nSPS) is 18.9. The van der Waals surface area contributed by atoms with E-state index in [1.165, 1.54) is 0 Å². The van der Waals surface area contributed by atoms with Crippen molar-refractivity contribution >= 4 is 17.4 Å². The molecule has 5 rings (SSSR count). The Kier molecular flexibility index (Phi) is 4.86. The number of hydrogen-bond acceptors (Lipinski definition) is 4. The van der Waals surface area contributed by atoms with E-state index in [9.17, 15) is 4.79 Å². The third-order valence-corrected chi connectivity index (χ3v) is 5.97. The van der Waals surface area contributed by atoms with E-state index in [0.29, 0.717) is 25.2 Å². The summed E-state index contributed by atoms with van der Waals surface area (Å²) in [6.45, 7) is 2.13. The summed E-state index contributed by atoms with van der Waals surface area (Å²) in [6, 6.07) is 18.1. The van der Waals surface area contributed by atoms with Crippen molar-refractivity contribution in [1.29, 1.82) is 0 Å². The smallest absolute Gasteiger partial charge is 0.134 e. The van der Waals surface area contributed by atoms with Gasteiger partial charge in [0.25, 0.3) is 0 Å². The number of halogens is 1. The van der Waals surface area contributed by atoms with E-state index in [1.54, 1.807) is 0 Å². The molecule has 2 aliphatic rings. The van der Waals surface area contributed by atoms with Gasteiger partial charge < -0.3 is 9.30 Å². The summed E-state index contributed by atoms with van der Waals surface area (Å²) < 4.78 is 8.20. The number of benzene rings is 2. The first-order chi connectivity index (χ1) is 14.2. The second-order valence-electron chi connectivity index (χ2n) is 7.62. The topological polar surface area (TPSA) is 56.1 Å². The summed E-state index contributed by atoms with van der Waals surface area (Å²) in [6.07, 6.45) is 1.16. The number of nitrogens with one attached hydrogen (secondary N) is 1. The van der Waals surface area contributed by atoms with Crippen molar-refractivity contribution in [2.45, 2.75) is 37.4 Å². The van der Waals surface area contributed by atoms with Gasteiger partial charge in [-0.15, -0.1) is 0 Å². The van der Waals surface area contributed by atoms with Crippen molar-refractivity contribution in [2.75, 3.05) is 6.54 Å². The van der Waals surface area contributed by atoms with Crippen LogP contribution in [0.5, 0.6) is 5.75 Å². The van der Waals surface area contributed by atoms with Gasteiger partial charge in [0, 0.05) is 37.4 Å². The highest BCUT2D eigenvalue weighted by atomic mass is 35.5. The van der Waals surface area contributed by atoms with Crippen molar-refractivity contribution in [3.63, 3.8) is 0 Å². The number of carbonyl (C=O) groups is 1. The predicted molar refractivity (Wildman–Crippen MR) is 112 cm³/mol. The molecule has 0 bridgehead atoms. The Bertz CT molecular complexity index is 1040. The fraction of sp³-hybridized carbons (Fsp3) is 0.304. The van der Waals surface area contributed by atoms with Gasteiger partial charge in [0.1, 0.15) is 29.5 Å². The van der Waals surface area contributed by atoms with Gasteiger partial charge in [-0.3, -0.25) is 10.1 Å². The zero-order chi connectivity index (χ0) is 19.8. The number of Topliss-reactive ketones (excluding diaryl/α,β-unsaturated/α-hetero) is 1. The monoisotopic (exact) mass is 407 g/mol. The van der Waals surface area contributed by atoms with Crippen molar-refractivity contribution < 1.29 is 9.53 Å². The number of carbonyl (C=O) groups excluding carboxylic acids is 1. The molecule has 2 heterocycles. The maximum atomic E-state index is 11.5. The number of imidazole rings is 1. The third kappa shape index (κ3) is 3.56. The van der Waals surface area contributed by atoms with Crippen LogP contribution in [0.1, 0.15) is 41.3 Å². The molecule has 0 spiro atoms. The molecule has 29 heavy (non-hydrogen) atoms. The van der Waals surface area contributed by atoms with E-state index in [0.717, 1.165) is 47.2 Å². The molecule has 1 aliphatic heterocycles. The number of rotatable bonds is 5. The Balaban J connectivity index is 1.46. The average Bonchev–Trinajstić information content (AvgIpc) is 3.11. The predicted octanol–water partition coefficient (Wildman–Crippen LogP) is 4.42. The lowest BCUT2D eigenvalue weighted by molar-refractivity contribution is -0.124. The van der Waals surface area contributed by atoms with E-state index in [4.69, 9.17) is 21.3 Å². The fourth-order valence-electron chi connectivity index (χ4n) is 4.05. The third-order valence-electron chi connectivity index (χ3n) is 5.60. The van der Waals surface area contributed by atoms with Gasteiger partial charge in [-0.05, 0) is 17.7 Å². The van der Waals surface area contributed by atoms with E-state index < -0.39 is 0 Å². The average molecular weight is 408 g/mol. The number of ketones is 1. The zero-order valence-corrected chi connectivity index (χ0v) is 16.7.